The first-order chi connectivity index (χ1) is 8.74. The maximum Gasteiger partial charge on any atom is 0.150 e. The van der Waals surface area contributed by atoms with Crippen molar-refractivity contribution in [1.82, 2.24) is 0 Å². The van der Waals surface area contributed by atoms with Crippen molar-refractivity contribution < 1.29 is 14.6 Å². The van der Waals surface area contributed by atoms with E-state index in [2.05, 4.69) is 6.08 Å². The van der Waals surface area contributed by atoms with E-state index >= 15 is 0 Å². The van der Waals surface area contributed by atoms with Crippen LogP contribution in [0.15, 0.2) is 23.8 Å². The van der Waals surface area contributed by atoms with Crippen LogP contribution in [0.5, 0.6) is 11.5 Å². The number of phenols is 1. The summed E-state index contributed by atoms with van der Waals surface area (Å²) in [5.41, 5.74) is 2.55. The van der Waals surface area contributed by atoms with Gasteiger partial charge in [-0.05, 0) is 37.8 Å². The minimum Gasteiger partial charge on any atom is -0.507 e. The van der Waals surface area contributed by atoms with Crippen LogP contribution >= 0.6 is 0 Å². The molecular formula is C15H18O3. The van der Waals surface area contributed by atoms with E-state index in [1.807, 2.05) is 0 Å². The monoisotopic (exact) mass is 246 g/mol. The van der Waals surface area contributed by atoms with Gasteiger partial charge in [0.2, 0.25) is 0 Å². The van der Waals surface area contributed by atoms with Crippen molar-refractivity contribution in [3.63, 3.8) is 0 Å². The van der Waals surface area contributed by atoms with Crippen molar-refractivity contribution in [2.75, 3.05) is 7.11 Å². The Kier molecular flexibility index (Phi) is 4.03. The lowest BCUT2D eigenvalue weighted by atomic mass is 9.93. The first-order valence-electron chi connectivity index (χ1n) is 6.27. The van der Waals surface area contributed by atoms with Crippen molar-refractivity contribution in [3.8, 4) is 11.5 Å². The number of hydrogen-bond donors (Lipinski definition) is 1. The lowest BCUT2D eigenvalue weighted by Gasteiger charge is -2.16. The van der Waals surface area contributed by atoms with Gasteiger partial charge in [0.25, 0.3) is 0 Å². The minimum atomic E-state index is 0.142. The van der Waals surface area contributed by atoms with Gasteiger partial charge in [0.15, 0.2) is 0 Å². The Hall–Kier alpha value is -1.77. The zero-order chi connectivity index (χ0) is 13.0. The number of carbonyl (C=O) groups is 1. The number of aromatic hydroxyl groups is 1. The molecule has 0 amide bonds. The number of hydrogen-bond acceptors (Lipinski definition) is 3. The second kappa shape index (κ2) is 5.71. The van der Waals surface area contributed by atoms with Crippen LogP contribution < -0.4 is 4.74 Å². The molecule has 0 aromatic heterocycles. The highest BCUT2D eigenvalue weighted by molar-refractivity contribution is 5.77. The van der Waals surface area contributed by atoms with Gasteiger partial charge in [0, 0.05) is 17.5 Å². The molecule has 18 heavy (non-hydrogen) atoms. The molecule has 0 saturated carbocycles. The molecule has 1 N–H and O–H groups in total. The molecule has 1 aromatic carbocycles. The maximum absolute atomic E-state index is 10.8. The number of methoxy groups -OCH3 is 1. The van der Waals surface area contributed by atoms with Crippen LogP contribution in [0.4, 0.5) is 0 Å². The van der Waals surface area contributed by atoms with Gasteiger partial charge in [-0.15, -0.1) is 0 Å². The Bertz CT molecular complexity index is 475. The molecule has 96 valence electrons. The van der Waals surface area contributed by atoms with E-state index in [9.17, 15) is 9.90 Å². The van der Waals surface area contributed by atoms with E-state index < -0.39 is 0 Å². The van der Waals surface area contributed by atoms with Crippen LogP contribution in [0.1, 0.15) is 41.6 Å². The Balaban J connectivity index is 2.31. The molecule has 0 aliphatic heterocycles. The fourth-order valence-corrected chi connectivity index (χ4v) is 2.37. The maximum atomic E-state index is 10.8. The average Bonchev–Trinajstić information content (AvgIpc) is 2.42. The number of carbonyl (C=O) groups excluding carboxylic acids is 1. The molecule has 0 unspecified atom stereocenters. The summed E-state index contributed by atoms with van der Waals surface area (Å²) >= 11 is 0. The molecule has 1 aliphatic carbocycles. The summed E-state index contributed by atoms with van der Waals surface area (Å²) in [5, 5.41) is 10.00. The fourth-order valence-electron chi connectivity index (χ4n) is 2.37. The second-order valence-corrected chi connectivity index (χ2v) is 4.62. The number of allylic oxidation sites excluding steroid dienone is 2. The van der Waals surface area contributed by atoms with Gasteiger partial charge in [0.05, 0.1) is 7.11 Å². The molecule has 0 spiro atoms. The van der Waals surface area contributed by atoms with Gasteiger partial charge < -0.3 is 9.84 Å². The van der Waals surface area contributed by atoms with Crippen LogP contribution in [0, 0.1) is 0 Å². The molecule has 1 aliphatic rings. The summed E-state index contributed by atoms with van der Waals surface area (Å²) in [6.07, 6.45) is 8.32. The molecule has 0 bridgehead atoms. The number of aldehydes is 1. The van der Waals surface area contributed by atoms with Crippen molar-refractivity contribution >= 4 is 6.29 Å². The third kappa shape index (κ3) is 2.73. The molecule has 2 rings (SSSR count). The number of benzene rings is 1. The zero-order valence-electron chi connectivity index (χ0n) is 10.6. The van der Waals surface area contributed by atoms with E-state index in [1.54, 1.807) is 13.2 Å². The fraction of sp³-hybridized carbons (Fsp3) is 0.400. The van der Waals surface area contributed by atoms with Gasteiger partial charge >= 0.3 is 0 Å². The van der Waals surface area contributed by atoms with Gasteiger partial charge in [-0.2, -0.15) is 0 Å². The van der Waals surface area contributed by atoms with Crippen LogP contribution in [-0.2, 0) is 6.42 Å². The topological polar surface area (TPSA) is 46.5 Å². The molecule has 0 heterocycles. The van der Waals surface area contributed by atoms with Gasteiger partial charge in [-0.3, -0.25) is 4.79 Å². The van der Waals surface area contributed by atoms with E-state index in [4.69, 9.17) is 4.74 Å². The number of phenolic OH excluding ortho intramolecular Hbond substituents is 1. The largest absolute Gasteiger partial charge is 0.507 e. The summed E-state index contributed by atoms with van der Waals surface area (Å²) in [6, 6.07) is 3.17. The third-order valence-electron chi connectivity index (χ3n) is 3.35. The molecule has 1 aromatic rings. The predicted molar refractivity (Wildman–Crippen MR) is 70.3 cm³/mol. The molecule has 0 fully saturated rings. The summed E-state index contributed by atoms with van der Waals surface area (Å²) in [6.45, 7) is 0. The Morgan fingerprint density at radius 3 is 2.83 bits per heavy atom. The molecule has 3 nitrogen and oxygen atoms in total. The predicted octanol–water partition coefficient (Wildman–Crippen LogP) is 3.26. The SMILES string of the molecule is COc1cc(C=O)cc(O)c1CC1=CCCCC1. The molecular weight excluding hydrogens is 228 g/mol. The van der Waals surface area contributed by atoms with E-state index in [0.717, 1.165) is 18.4 Å². The van der Waals surface area contributed by atoms with E-state index in [0.29, 0.717) is 24.0 Å². The molecule has 0 atom stereocenters. The van der Waals surface area contributed by atoms with Crippen LogP contribution in [0.3, 0.4) is 0 Å². The number of ether oxygens (including phenoxy) is 1. The van der Waals surface area contributed by atoms with E-state index in [-0.39, 0.29) is 5.75 Å². The number of rotatable bonds is 4. The average molecular weight is 246 g/mol. The summed E-state index contributed by atoms with van der Waals surface area (Å²) in [5.74, 6) is 0.728. The highest BCUT2D eigenvalue weighted by atomic mass is 16.5. The lowest BCUT2D eigenvalue weighted by Crippen LogP contribution is -2.00. The zero-order valence-corrected chi connectivity index (χ0v) is 10.6. The Morgan fingerprint density at radius 2 is 2.22 bits per heavy atom. The van der Waals surface area contributed by atoms with Gasteiger partial charge in [0.1, 0.15) is 17.8 Å². The highest BCUT2D eigenvalue weighted by Crippen LogP contribution is 2.33. The summed E-state index contributed by atoms with van der Waals surface area (Å²) < 4.78 is 5.26. The first-order valence-corrected chi connectivity index (χ1v) is 6.27. The van der Waals surface area contributed by atoms with Crippen molar-refractivity contribution in [1.29, 1.82) is 0 Å². The standard InChI is InChI=1S/C15H18O3/c1-18-15-9-12(10-16)8-14(17)13(15)7-11-5-3-2-4-6-11/h5,8-10,17H,2-4,6-7H2,1H3. The Labute approximate surface area is 107 Å². The lowest BCUT2D eigenvalue weighted by molar-refractivity contribution is 0.112. The van der Waals surface area contributed by atoms with E-state index in [1.165, 1.54) is 24.5 Å². The van der Waals surface area contributed by atoms with Crippen molar-refractivity contribution in [3.05, 3.63) is 34.9 Å². The second-order valence-electron chi connectivity index (χ2n) is 4.62. The molecule has 3 heteroatoms. The summed E-state index contributed by atoms with van der Waals surface area (Å²) in [4.78, 5) is 10.8. The summed E-state index contributed by atoms with van der Waals surface area (Å²) in [7, 11) is 1.56. The first kappa shape index (κ1) is 12.7. The smallest absolute Gasteiger partial charge is 0.150 e. The van der Waals surface area contributed by atoms with Gasteiger partial charge in [-0.25, -0.2) is 0 Å². The molecule has 0 radical (unpaired) electrons. The van der Waals surface area contributed by atoms with Crippen LogP contribution in [0.25, 0.3) is 0 Å². The van der Waals surface area contributed by atoms with Crippen LogP contribution in [-0.4, -0.2) is 18.5 Å². The Morgan fingerprint density at radius 1 is 1.39 bits per heavy atom. The minimum absolute atomic E-state index is 0.142. The normalized spacial score (nSPS) is 15.1. The molecule has 0 saturated heterocycles. The van der Waals surface area contributed by atoms with Gasteiger partial charge in [-0.1, -0.05) is 11.6 Å². The quantitative estimate of drug-likeness (QED) is 0.655. The van der Waals surface area contributed by atoms with Crippen LogP contribution in [0.2, 0.25) is 0 Å². The third-order valence-corrected chi connectivity index (χ3v) is 3.35. The van der Waals surface area contributed by atoms with Crippen molar-refractivity contribution in [2.45, 2.75) is 32.1 Å². The van der Waals surface area contributed by atoms with Crippen molar-refractivity contribution in [2.24, 2.45) is 0 Å². The highest BCUT2D eigenvalue weighted by Gasteiger charge is 2.14.